The Morgan fingerprint density at radius 2 is 1.82 bits per heavy atom. The quantitative estimate of drug-likeness (QED) is 0.727. The summed E-state index contributed by atoms with van der Waals surface area (Å²) >= 11 is 0. The molecule has 0 bridgehead atoms. The van der Waals surface area contributed by atoms with Gasteiger partial charge in [-0.1, -0.05) is 6.07 Å². The minimum Gasteiger partial charge on any atom is -0.497 e. The predicted molar refractivity (Wildman–Crippen MR) is 83.7 cm³/mol. The van der Waals surface area contributed by atoms with E-state index >= 15 is 0 Å². The topological polar surface area (TPSA) is 53.6 Å². The largest absolute Gasteiger partial charge is 0.497 e. The van der Waals surface area contributed by atoms with Crippen LogP contribution in [-0.2, 0) is 6.54 Å². The summed E-state index contributed by atoms with van der Waals surface area (Å²) in [4.78, 5) is 11.9. The van der Waals surface area contributed by atoms with Crippen LogP contribution < -0.4 is 15.2 Å². The standard InChI is InChI=1S/C17H17NO4/c1-12-3-8-16-15(11-12)18(17(19)22-16)9-10-21-14-6-4-13(20-2)5-7-14/h3-8,11H,9-10H2,1-2H3. The van der Waals surface area contributed by atoms with Gasteiger partial charge in [0.05, 0.1) is 19.2 Å². The maximum absolute atomic E-state index is 11.9. The van der Waals surface area contributed by atoms with Crippen molar-refractivity contribution in [3.63, 3.8) is 0 Å². The van der Waals surface area contributed by atoms with Crippen LogP contribution in [0.1, 0.15) is 5.56 Å². The molecular weight excluding hydrogens is 282 g/mol. The van der Waals surface area contributed by atoms with Crippen molar-refractivity contribution in [1.82, 2.24) is 4.57 Å². The van der Waals surface area contributed by atoms with Crippen LogP contribution in [0, 0.1) is 6.92 Å². The molecule has 0 aliphatic rings. The molecule has 5 heteroatoms. The first kappa shape index (κ1) is 14.3. The molecule has 0 saturated carbocycles. The molecule has 5 nitrogen and oxygen atoms in total. The summed E-state index contributed by atoms with van der Waals surface area (Å²) in [6.45, 7) is 2.80. The molecule has 0 aliphatic carbocycles. The van der Waals surface area contributed by atoms with Gasteiger partial charge in [-0.2, -0.15) is 0 Å². The zero-order chi connectivity index (χ0) is 15.5. The Bertz CT molecular complexity index is 830. The highest BCUT2D eigenvalue weighted by Gasteiger charge is 2.09. The van der Waals surface area contributed by atoms with Crippen LogP contribution in [0.2, 0.25) is 0 Å². The fourth-order valence-electron chi connectivity index (χ4n) is 2.31. The molecule has 0 N–H and O–H groups in total. The molecular formula is C17H17NO4. The number of benzene rings is 2. The van der Waals surface area contributed by atoms with E-state index in [4.69, 9.17) is 13.9 Å². The van der Waals surface area contributed by atoms with Crippen molar-refractivity contribution in [2.24, 2.45) is 0 Å². The number of hydrogen-bond donors (Lipinski definition) is 0. The number of hydrogen-bond acceptors (Lipinski definition) is 4. The Morgan fingerprint density at radius 1 is 1.09 bits per heavy atom. The average molecular weight is 299 g/mol. The first-order chi connectivity index (χ1) is 10.7. The van der Waals surface area contributed by atoms with Crippen LogP contribution in [0.15, 0.2) is 51.7 Å². The van der Waals surface area contributed by atoms with Crippen molar-refractivity contribution in [3.8, 4) is 11.5 Å². The molecule has 2 aromatic carbocycles. The smallest absolute Gasteiger partial charge is 0.420 e. The van der Waals surface area contributed by atoms with Gasteiger partial charge in [0.25, 0.3) is 0 Å². The van der Waals surface area contributed by atoms with Gasteiger partial charge >= 0.3 is 5.76 Å². The van der Waals surface area contributed by atoms with Gasteiger partial charge in [-0.05, 0) is 48.9 Å². The summed E-state index contributed by atoms with van der Waals surface area (Å²) in [6.07, 6.45) is 0. The molecule has 0 atom stereocenters. The molecule has 114 valence electrons. The van der Waals surface area contributed by atoms with E-state index in [1.807, 2.05) is 49.4 Å². The summed E-state index contributed by atoms with van der Waals surface area (Å²) in [5.41, 5.74) is 2.47. The number of oxazole rings is 1. The minimum atomic E-state index is -0.362. The van der Waals surface area contributed by atoms with Crippen LogP contribution >= 0.6 is 0 Å². The monoisotopic (exact) mass is 299 g/mol. The van der Waals surface area contributed by atoms with Gasteiger partial charge < -0.3 is 13.9 Å². The van der Waals surface area contributed by atoms with Crippen LogP contribution in [0.4, 0.5) is 0 Å². The van der Waals surface area contributed by atoms with Crippen molar-refractivity contribution in [1.29, 1.82) is 0 Å². The third-order valence-electron chi connectivity index (χ3n) is 3.47. The van der Waals surface area contributed by atoms with Gasteiger partial charge in [0.1, 0.15) is 18.1 Å². The van der Waals surface area contributed by atoms with Crippen molar-refractivity contribution in [2.45, 2.75) is 13.5 Å². The Morgan fingerprint density at radius 3 is 2.55 bits per heavy atom. The van der Waals surface area contributed by atoms with Crippen LogP contribution in [0.25, 0.3) is 11.1 Å². The van der Waals surface area contributed by atoms with Gasteiger partial charge in [-0.25, -0.2) is 4.79 Å². The van der Waals surface area contributed by atoms with Gasteiger partial charge in [-0.15, -0.1) is 0 Å². The second-order valence-electron chi connectivity index (χ2n) is 5.01. The molecule has 0 aliphatic heterocycles. The number of nitrogens with zero attached hydrogens (tertiary/aromatic N) is 1. The maximum Gasteiger partial charge on any atom is 0.420 e. The molecule has 0 spiro atoms. The number of ether oxygens (including phenoxy) is 2. The first-order valence-corrected chi connectivity index (χ1v) is 7.04. The van der Waals surface area contributed by atoms with E-state index < -0.39 is 0 Å². The summed E-state index contributed by atoms with van der Waals surface area (Å²) in [5.74, 6) is 1.15. The number of aryl methyl sites for hydroxylation is 1. The second-order valence-corrected chi connectivity index (χ2v) is 5.01. The number of rotatable bonds is 5. The highest BCUT2D eigenvalue weighted by atomic mass is 16.5. The Balaban J connectivity index is 1.72. The molecule has 22 heavy (non-hydrogen) atoms. The third-order valence-corrected chi connectivity index (χ3v) is 3.47. The van der Waals surface area contributed by atoms with Crippen LogP contribution in [0.3, 0.4) is 0 Å². The minimum absolute atomic E-state index is 0.362. The third kappa shape index (κ3) is 2.83. The predicted octanol–water partition coefficient (Wildman–Crippen LogP) is 2.99. The number of fused-ring (bicyclic) bond motifs is 1. The van der Waals surface area contributed by atoms with E-state index in [0.717, 1.165) is 22.6 Å². The van der Waals surface area contributed by atoms with E-state index in [1.54, 1.807) is 11.7 Å². The van der Waals surface area contributed by atoms with Crippen LogP contribution in [-0.4, -0.2) is 18.3 Å². The van der Waals surface area contributed by atoms with Gasteiger partial charge in [0.2, 0.25) is 0 Å². The van der Waals surface area contributed by atoms with E-state index in [-0.39, 0.29) is 5.76 Å². The zero-order valence-electron chi connectivity index (χ0n) is 12.5. The molecule has 1 aromatic heterocycles. The summed E-state index contributed by atoms with van der Waals surface area (Å²) < 4.78 is 17.6. The Labute approximate surface area is 127 Å². The lowest BCUT2D eigenvalue weighted by Gasteiger charge is -2.07. The lowest BCUT2D eigenvalue weighted by Crippen LogP contribution is -2.18. The Hall–Kier alpha value is -2.69. The second kappa shape index (κ2) is 5.97. The lowest BCUT2D eigenvalue weighted by atomic mass is 10.2. The maximum atomic E-state index is 11.9. The number of methoxy groups -OCH3 is 1. The normalized spacial score (nSPS) is 10.8. The fraction of sp³-hybridized carbons (Fsp3) is 0.235. The van der Waals surface area contributed by atoms with E-state index in [1.165, 1.54) is 0 Å². The molecule has 0 radical (unpaired) electrons. The molecule has 0 amide bonds. The highest BCUT2D eigenvalue weighted by molar-refractivity contribution is 5.73. The summed E-state index contributed by atoms with van der Waals surface area (Å²) in [6, 6.07) is 13.0. The summed E-state index contributed by atoms with van der Waals surface area (Å²) in [5, 5.41) is 0. The van der Waals surface area contributed by atoms with Crippen molar-refractivity contribution >= 4 is 11.1 Å². The van der Waals surface area contributed by atoms with Crippen molar-refractivity contribution in [3.05, 3.63) is 58.6 Å². The summed E-state index contributed by atoms with van der Waals surface area (Å²) in [7, 11) is 1.62. The SMILES string of the molecule is COc1ccc(OCCn2c(=O)oc3ccc(C)cc32)cc1. The fourth-order valence-corrected chi connectivity index (χ4v) is 2.31. The van der Waals surface area contributed by atoms with Gasteiger partial charge in [0, 0.05) is 0 Å². The van der Waals surface area contributed by atoms with Crippen molar-refractivity contribution in [2.75, 3.05) is 13.7 Å². The molecule has 3 aromatic rings. The highest BCUT2D eigenvalue weighted by Crippen LogP contribution is 2.18. The Kier molecular flexibility index (Phi) is 3.87. The van der Waals surface area contributed by atoms with Gasteiger partial charge in [-0.3, -0.25) is 4.57 Å². The van der Waals surface area contributed by atoms with Gasteiger partial charge in [0.15, 0.2) is 5.58 Å². The molecule has 0 saturated heterocycles. The zero-order valence-corrected chi connectivity index (χ0v) is 12.5. The molecule has 3 rings (SSSR count). The van der Waals surface area contributed by atoms with E-state index in [9.17, 15) is 4.79 Å². The first-order valence-electron chi connectivity index (χ1n) is 7.04. The van der Waals surface area contributed by atoms with Crippen molar-refractivity contribution < 1.29 is 13.9 Å². The molecule has 0 fully saturated rings. The average Bonchev–Trinajstić information content (AvgIpc) is 2.83. The van der Waals surface area contributed by atoms with E-state index in [2.05, 4.69) is 0 Å². The molecule has 0 unspecified atom stereocenters. The van der Waals surface area contributed by atoms with E-state index in [0.29, 0.717) is 18.7 Å². The number of aromatic nitrogens is 1. The molecule has 1 heterocycles. The van der Waals surface area contributed by atoms with Crippen LogP contribution in [0.5, 0.6) is 11.5 Å². The lowest BCUT2D eigenvalue weighted by molar-refractivity contribution is 0.293.